The van der Waals surface area contributed by atoms with Crippen LogP contribution in [0.5, 0.6) is 0 Å². The van der Waals surface area contributed by atoms with Gasteiger partial charge in [0.25, 0.3) is 0 Å². The lowest BCUT2D eigenvalue weighted by Gasteiger charge is -2.09. The monoisotopic (exact) mass is 324 g/mol. The number of unbranched alkanes of at least 4 members (excludes halogenated alkanes) is 7. The van der Waals surface area contributed by atoms with E-state index in [0.717, 1.165) is 17.9 Å². The van der Waals surface area contributed by atoms with Crippen LogP contribution in [0.25, 0.3) is 0 Å². The molecule has 0 bridgehead atoms. The minimum Gasteiger partial charge on any atom is -0.385 e. The molecule has 2 heteroatoms. The molecule has 2 aromatic rings. The largest absolute Gasteiger partial charge is 0.385 e. The normalized spacial score (nSPS) is 10.5. The van der Waals surface area contributed by atoms with E-state index < -0.39 is 0 Å². The molecular weight excluding hydrogens is 292 g/mol. The SMILES string of the molecule is CCCCCCCCCCNc1ccc(Nc2ccccc2)cc1. The Balaban J connectivity index is 1.57. The van der Waals surface area contributed by atoms with Crippen molar-refractivity contribution in [3.05, 3.63) is 54.6 Å². The van der Waals surface area contributed by atoms with Crippen LogP contribution in [0.1, 0.15) is 58.3 Å². The van der Waals surface area contributed by atoms with Gasteiger partial charge >= 0.3 is 0 Å². The summed E-state index contributed by atoms with van der Waals surface area (Å²) in [5, 5.41) is 6.93. The highest BCUT2D eigenvalue weighted by atomic mass is 14.9. The molecule has 2 nitrogen and oxygen atoms in total. The molecular formula is C22H32N2. The highest BCUT2D eigenvalue weighted by Crippen LogP contribution is 2.18. The first-order valence-electron chi connectivity index (χ1n) is 9.54. The minimum atomic E-state index is 1.07. The van der Waals surface area contributed by atoms with Gasteiger partial charge in [-0.25, -0.2) is 0 Å². The van der Waals surface area contributed by atoms with Crippen LogP contribution < -0.4 is 10.6 Å². The quantitative estimate of drug-likeness (QED) is 0.411. The van der Waals surface area contributed by atoms with E-state index in [1.54, 1.807) is 0 Å². The van der Waals surface area contributed by atoms with Crippen molar-refractivity contribution in [3.63, 3.8) is 0 Å². The number of hydrogen-bond acceptors (Lipinski definition) is 2. The topological polar surface area (TPSA) is 24.1 Å². The second-order valence-corrected chi connectivity index (χ2v) is 6.47. The van der Waals surface area contributed by atoms with E-state index in [9.17, 15) is 0 Å². The number of hydrogen-bond donors (Lipinski definition) is 2. The third kappa shape index (κ3) is 7.54. The summed E-state index contributed by atoms with van der Waals surface area (Å²) in [5.41, 5.74) is 3.45. The van der Waals surface area contributed by atoms with Crippen molar-refractivity contribution in [2.75, 3.05) is 17.2 Å². The molecule has 2 N–H and O–H groups in total. The Kier molecular flexibility index (Phi) is 8.85. The Morgan fingerprint density at radius 2 is 1.12 bits per heavy atom. The molecule has 0 atom stereocenters. The smallest absolute Gasteiger partial charge is 0.0385 e. The molecule has 130 valence electrons. The van der Waals surface area contributed by atoms with Crippen LogP contribution >= 0.6 is 0 Å². The molecule has 0 aliphatic carbocycles. The lowest BCUT2D eigenvalue weighted by molar-refractivity contribution is 0.581. The first-order chi connectivity index (χ1) is 11.9. The zero-order valence-corrected chi connectivity index (χ0v) is 15.1. The van der Waals surface area contributed by atoms with Gasteiger partial charge in [-0.1, -0.05) is 70.1 Å². The van der Waals surface area contributed by atoms with Gasteiger partial charge in [0.15, 0.2) is 0 Å². The van der Waals surface area contributed by atoms with Gasteiger partial charge in [0.2, 0.25) is 0 Å². The number of rotatable bonds is 12. The predicted octanol–water partition coefficient (Wildman–Crippen LogP) is 6.98. The Labute approximate surface area is 147 Å². The maximum Gasteiger partial charge on any atom is 0.0385 e. The standard InChI is InChI=1S/C22H32N2/c1-2-3-4-5-6-7-8-12-19-23-20-15-17-22(18-16-20)24-21-13-10-9-11-14-21/h9-11,13-18,23-24H,2-8,12,19H2,1H3. The summed E-state index contributed by atoms with van der Waals surface area (Å²) in [6, 6.07) is 18.8. The fourth-order valence-corrected chi connectivity index (χ4v) is 2.85. The zero-order chi connectivity index (χ0) is 16.9. The van der Waals surface area contributed by atoms with Gasteiger partial charge in [0.1, 0.15) is 0 Å². The van der Waals surface area contributed by atoms with Gasteiger partial charge in [0.05, 0.1) is 0 Å². The molecule has 0 saturated carbocycles. The molecule has 24 heavy (non-hydrogen) atoms. The van der Waals surface area contributed by atoms with Gasteiger partial charge in [-0.15, -0.1) is 0 Å². The molecule has 2 rings (SSSR count). The van der Waals surface area contributed by atoms with Gasteiger partial charge < -0.3 is 10.6 Å². The Morgan fingerprint density at radius 1 is 0.583 bits per heavy atom. The second kappa shape index (κ2) is 11.6. The Hall–Kier alpha value is -1.96. The van der Waals surface area contributed by atoms with Crippen molar-refractivity contribution in [3.8, 4) is 0 Å². The van der Waals surface area contributed by atoms with Crippen molar-refractivity contribution in [2.45, 2.75) is 58.3 Å². The van der Waals surface area contributed by atoms with Crippen LogP contribution in [0, 0.1) is 0 Å². The highest BCUT2D eigenvalue weighted by molar-refractivity contribution is 5.62. The molecule has 0 heterocycles. The molecule has 0 unspecified atom stereocenters. The molecule has 0 aliphatic heterocycles. The summed E-state index contributed by atoms with van der Waals surface area (Å²) in [7, 11) is 0. The summed E-state index contributed by atoms with van der Waals surface area (Å²) >= 11 is 0. The van der Waals surface area contributed by atoms with Gasteiger partial charge in [-0.3, -0.25) is 0 Å². The average Bonchev–Trinajstić information content (AvgIpc) is 2.62. The number of nitrogens with one attached hydrogen (secondary N) is 2. The van der Waals surface area contributed by atoms with E-state index in [4.69, 9.17) is 0 Å². The molecule has 0 spiro atoms. The van der Waals surface area contributed by atoms with Crippen molar-refractivity contribution in [1.29, 1.82) is 0 Å². The van der Waals surface area contributed by atoms with E-state index in [2.05, 4.69) is 54.0 Å². The third-order valence-corrected chi connectivity index (χ3v) is 4.31. The van der Waals surface area contributed by atoms with Crippen molar-refractivity contribution < 1.29 is 0 Å². The van der Waals surface area contributed by atoms with Crippen LogP contribution in [0.4, 0.5) is 17.1 Å². The molecule has 0 amide bonds. The van der Waals surface area contributed by atoms with Crippen molar-refractivity contribution in [1.82, 2.24) is 0 Å². The van der Waals surface area contributed by atoms with Gasteiger partial charge in [-0.2, -0.15) is 0 Å². The molecule has 0 aromatic heterocycles. The van der Waals surface area contributed by atoms with E-state index >= 15 is 0 Å². The maximum absolute atomic E-state index is 3.52. The molecule has 2 aromatic carbocycles. The second-order valence-electron chi connectivity index (χ2n) is 6.47. The molecule has 0 aliphatic rings. The Morgan fingerprint density at radius 3 is 1.79 bits per heavy atom. The van der Waals surface area contributed by atoms with Crippen LogP contribution in [0.3, 0.4) is 0 Å². The predicted molar refractivity (Wildman–Crippen MR) is 107 cm³/mol. The van der Waals surface area contributed by atoms with Gasteiger partial charge in [-0.05, 0) is 42.8 Å². The first kappa shape index (κ1) is 18.4. The lowest BCUT2D eigenvalue weighted by Crippen LogP contribution is -2.01. The van der Waals surface area contributed by atoms with Crippen LogP contribution in [-0.4, -0.2) is 6.54 Å². The van der Waals surface area contributed by atoms with Crippen LogP contribution in [0.15, 0.2) is 54.6 Å². The Bertz CT molecular complexity index is 534. The summed E-state index contributed by atoms with van der Waals surface area (Å²) in [4.78, 5) is 0. The summed E-state index contributed by atoms with van der Waals surface area (Å²) in [6.07, 6.45) is 10.9. The summed E-state index contributed by atoms with van der Waals surface area (Å²) in [5.74, 6) is 0. The maximum atomic E-state index is 3.52. The number of benzene rings is 2. The van der Waals surface area contributed by atoms with Gasteiger partial charge in [0, 0.05) is 23.6 Å². The lowest BCUT2D eigenvalue weighted by atomic mass is 10.1. The van der Waals surface area contributed by atoms with Crippen molar-refractivity contribution >= 4 is 17.1 Å². The summed E-state index contributed by atoms with van der Waals surface area (Å²) in [6.45, 7) is 3.34. The summed E-state index contributed by atoms with van der Waals surface area (Å²) < 4.78 is 0. The zero-order valence-electron chi connectivity index (χ0n) is 15.1. The fourth-order valence-electron chi connectivity index (χ4n) is 2.85. The average molecular weight is 325 g/mol. The minimum absolute atomic E-state index is 1.07. The van der Waals surface area contributed by atoms with E-state index in [-0.39, 0.29) is 0 Å². The third-order valence-electron chi connectivity index (χ3n) is 4.31. The molecule has 0 radical (unpaired) electrons. The molecule has 0 saturated heterocycles. The fraction of sp³-hybridized carbons (Fsp3) is 0.455. The van der Waals surface area contributed by atoms with E-state index in [0.29, 0.717) is 0 Å². The van der Waals surface area contributed by atoms with E-state index in [1.807, 2.05) is 18.2 Å². The number of para-hydroxylation sites is 1. The van der Waals surface area contributed by atoms with Crippen LogP contribution in [0.2, 0.25) is 0 Å². The molecule has 0 fully saturated rings. The van der Waals surface area contributed by atoms with Crippen molar-refractivity contribution in [2.24, 2.45) is 0 Å². The highest BCUT2D eigenvalue weighted by Gasteiger charge is 1.96. The van der Waals surface area contributed by atoms with Crippen LogP contribution in [-0.2, 0) is 0 Å². The number of anilines is 3. The van der Waals surface area contributed by atoms with E-state index in [1.165, 1.54) is 57.1 Å². The first-order valence-corrected chi connectivity index (χ1v) is 9.54.